The van der Waals surface area contributed by atoms with Gasteiger partial charge >= 0.3 is 5.97 Å². The third-order valence-electron chi connectivity index (χ3n) is 3.79. The van der Waals surface area contributed by atoms with E-state index in [1.54, 1.807) is 0 Å². The highest BCUT2D eigenvalue weighted by atomic mass is 16.4. The van der Waals surface area contributed by atoms with Gasteiger partial charge < -0.3 is 15.3 Å². The summed E-state index contributed by atoms with van der Waals surface area (Å²) < 4.78 is 0. The molecule has 1 saturated heterocycles. The van der Waals surface area contributed by atoms with Crippen LogP contribution in [-0.2, 0) is 9.59 Å². The van der Waals surface area contributed by atoms with Gasteiger partial charge in [-0.3, -0.25) is 9.59 Å². The number of carboxylic acids is 1. The van der Waals surface area contributed by atoms with Crippen molar-refractivity contribution in [1.29, 1.82) is 0 Å². The molecular weight excluding hydrogens is 232 g/mol. The van der Waals surface area contributed by atoms with Crippen molar-refractivity contribution in [3.05, 3.63) is 0 Å². The van der Waals surface area contributed by atoms with Crippen molar-refractivity contribution in [3.8, 4) is 0 Å². The van der Waals surface area contributed by atoms with E-state index < -0.39 is 11.4 Å². The van der Waals surface area contributed by atoms with Crippen LogP contribution in [-0.4, -0.2) is 47.6 Å². The lowest BCUT2D eigenvalue weighted by atomic mass is 9.77. The van der Waals surface area contributed by atoms with E-state index >= 15 is 0 Å². The van der Waals surface area contributed by atoms with Crippen molar-refractivity contribution < 1.29 is 14.7 Å². The Balaban J connectivity index is 2.88. The molecule has 2 N–H and O–H groups in total. The Hall–Kier alpha value is -1.10. The summed E-state index contributed by atoms with van der Waals surface area (Å²) in [5.74, 6) is -0.971. The Morgan fingerprint density at radius 3 is 2.50 bits per heavy atom. The summed E-state index contributed by atoms with van der Waals surface area (Å²) in [6, 6.07) is -0.0843. The average molecular weight is 256 g/mol. The molecule has 0 bridgehead atoms. The van der Waals surface area contributed by atoms with Crippen molar-refractivity contribution in [3.63, 3.8) is 0 Å². The lowest BCUT2D eigenvalue weighted by Gasteiger charge is -2.40. The molecule has 104 valence electrons. The van der Waals surface area contributed by atoms with E-state index in [9.17, 15) is 9.59 Å². The number of nitrogens with one attached hydrogen (secondary N) is 1. The largest absolute Gasteiger partial charge is 0.480 e. The van der Waals surface area contributed by atoms with Crippen LogP contribution >= 0.6 is 0 Å². The van der Waals surface area contributed by atoms with Crippen molar-refractivity contribution in [1.82, 2.24) is 10.2 Å². The molecule has 0 aliphatic carbocycles. The molecular formula is C13H24N2O3. The summed E-state index contributed by atoms with van der Waals surface area (Å²) in [5, 5.41) is 12.2. The molecule has 1 heterocycles. The fourth-order valence-electron chi connectivity index (χ4n) is 2.54. The van der Waals surface area contributed by atoms with Crippen LogP contribution in [0.4, 0.5) is 0 Å². The number of amides is 1. The zero-order valence-corrected chi connectivity index (χ0v) is 11.5. The fourth-order valence-corrected chi connectivity index (χ4v) is 2.54. The molecule has 1 fully saturated rings. The molecule has 0 aromatic heterocycles. The molecule has 0 saturated carbocycles. The number of carboxylic acid groups (broad SMARTS) is 1. The van der Waals surface area contributed by atoms with Crippen LogP contribution in [0.2, 0.25) is 0 Å². The maximum atomic E-state index is 12.7. The zero-order chi connectivity index (χ0) is 13.8. The fraction of sp³-hybridized carbons (Fsp3) is 0.846. The Bertz CT molecular complexity index is 309. The summed E-state index contributed by atoms with van der Waals surface area (Å²) in [6.45, 7) is 7.12. The maximum Gasteiger partial charge on any atom is 0.323 e. The van der Waals surface area contributed by atoms with Gasteiger partial charge in [-0.05, 0) is 39.7 Å². The van der Waals surface area contributed by atoms with Crippen molar-refractivity contribution in [2.45, 2.75) is 46.1 Å². The van der Waals surface area contributed by atoms with Crippen LogP contribution < -0.4 is 5.32 Å². The first-order chi connectivity index (χ1) is 8.43. The molecule has 0 aromatic carbocycles. The van der Waals surface area contributed by atoms with Gasteiger partial charge in [-0.1, -0.05) is 6.92 Å². The number of carbonyl (C=O) groups excluding carboxylic acids is 1. The van der Waals surface area contributed by atoms with Crippen LogP contribution in [0.3, 0.4) is 0 Å². The van der Waals surface area contributed by atoms with Gasteiger partial charge in [-0.25, -0.2) is 0 Å². The van der Waals surface area contributed by atoms with E-state index in [1.165, 1.54) is 4.90 Å². The van der Waals surface area contributed by atoms with E-state index in [-0.39, 0.29) is 18.5 Å². The third kappa shape index (κ3) is 3.22. The third-order valence-corrected chi connectivity index (χ3v) is 3.79. The van der Waals surface area contributed by atoms with Gasteiger partial charge in [0.25, 0.3) is 0 Å². The first kappa shape index (κ1) is 15.0. The highest BCUT2D eigenvalue weighted by Crippen LogP contribution is 2.32. The molecule has 1 unspecified atom stereocenters. The van der Waals surface area contributed by atoms with E-state index in [1.807, 2.05) is 20.8 Å². The zero-order valence-electron chi connectivity index (χ0n) is 11.5. The normalized spacial score (nSPS) is 24.0. The standard InChI is InChI=1S/C13H24N2O3/c1-4-13(6-5-7-14-9-13)12(18)15(10(2)3)8-11(16)17/h10,14H,4-9H2,1-3H3,(H,16,17). The number of carbonyl (C=O) groups is 2. The first-order valence-corrected chi connectivity index (χ1v) is 6.66. The number of hydrogen-bond acceptors (Lipinski definition) is 3. The smallest absolute Gasteiger partial charge is 0.323 e. The molecule has 1 aliphatic heterocycles. The van der Waals surface area contributed by atoms with Crippen molar-refractivity contribution in [2.24, 2.45) is 5.41 Å². The van der Waals surface area contributed by atoms with Gasteiger partial charge in [0.05, 0.1) is 5.41 Å². The minimum Gasteiger partial charge on any atom is -0.480 e. The summed E-state index contributed by atoms with van der Waals surface area (Å²) in [6.07, 6.45) is 2.57. The number of nitrogens with zero attached hydrogens (tertiary/aromatic N) is 1. The predicted octanol–water partition coefficient (Wildman–Crippen LogP) is 1.09. The first-order valence-electron chi connectivity index (χ1n) is 6.66. The van der Waals surface area contributed by atoms with Crippen LogP contribution in [0.1, 0.15) is 40.0 Å². The van der Waals surface area contributed by atoms with Crippen molar-refractivity contribution >= 4 is 11.9 Å². The quantitative estimate of drug-likeness (QED) is 0.772. The molecule has 5 nitrogen and oxygen atoms in total. The molecule has 1 amide bonds. The summed E-state index contributed by atoms with van der Waals surface area (Å²) in [4.78, 5) is 25.0. The molecule has 1 aliphatic rings. The summed E-state index contributed by atoms with van der Waals surface area (Å²) in [5.41, 5.74) is -0.419. The van der Waals surface area contributed by atoms with Gasteiger partial charge in [0.15, 0.2) is 0 Å². The van der Waals surface area contributed by atoms with Gasteiger partial charge in [0.1, 0.15) is 6.54 Å². The van der Waals surface area contributed by atoms with E-state index in [0.29, 0.717) is 6.54 Å². The average Bonchev–Trinajstić information content (AvgIpc) is 2.35. The van der Waals surface area contributed by atoms with Crippen LogP contribution in [0, 0.1) is 5.41 Å². The maximum absolute atomic E-state index is 12.7. The van der Waals surface area contributed by atoms with Gasteiger partial charge in [0.2, 0.25) is 5.91 Å². The van der Waals surface area contributed by atoms with Crippen LogP contribution in [0.25, 0.3) is 0 Å². The molecule has 1 rings (SSSR count). The SMILES string of the molecule is CCC1(C(=O)N(CC(=O)O)C(C)C)CCCNC1. The number of aliphatic carboxylic acids is 1. The number of piperidine rings is 1. The van der Waals surface area contributed by atoms with E-state index in [4.69, 9.17) is 5.11 Å². The minimum atomic E-state index is -0.952. The van der Waals surface area contributed by atoms with Crippen LogP contribution in [0.15, 0.2) is 0 Å². The Morgan fingerprint density at radius 1 is 1.44 bits per heavy atom. The van der Waals surface area contributed by atoms with E-state index in [2.05, 4.69) is 5.32 Å². The second-order valence-electron chi connectivity index (χ2n) is 5.33. The number of hydrogen-bond donors (Lipinski definition) is 2. The summed E-state index contributed by atoms with van der Waals surface area (Å²) >= 11 is 0. The molecule has 1 atom stereocenters. The van der Waals surface area contributed by atoms with Gasteiger partial charge in [0, 0.05) is 12.6 Å². The highest BCUT2D eigenvalue weighted by molar-refractivity contribution is 5.86. The van der Waals surface area contributed by atoms with Crippen LogP contribution in [0.5, 0.6) is 0 Å². The summed E-state index contributed by atoms with van der Waals surface area (Å²) in [7, 11) is 0. The van der Waals surface area contributed by atoms with Crippen molar-refractivity contribution in [2.75, 3.05) is 19.6 Å². The topological polar surface area (TPSA) is 69.6 Å². The highest BCUT2D eigenvalue weighted by Gasteiger charge is 2.41. The molecule has 0 spiro atoms. The monoisotopic (exact) mass is 256 g/mol. The second kappa shape index (κ2) is 6.18. The second-order valence-corrected chi connectivity index (χ2v) is 5.33. The number of rotatable bonds is 5. The lowest BCUT2D eigenvalue weighted by molar-refractivity contribution is -0.152. The molecule has 0 aromatic rings. The molecule has 0 radical (unpaired) electrons. The Morgan fingerprint density at radius 2 is 2.11 bits per heavy atom. The van der Waals surface area contributed by atoms with E-state index in [0.717, 1.165) is 25.8 Å². The Kier molecular flexibility index (Phi) is 5.14. The molecule has 18 heavy (non-hydrogen) atoms. The predicted molar refractivity (Wildman–Crippen MR) is 69.3 cm³/mol. The lowest BCUT2D eigenvalue weighted by Crippen LogP contribution is -2.54. The molecule has 5 heteroatoms. The Labute approximate surface area is 109 Å². The minimum absolute atomic E-state index is 0.0189. The van der Waals surface area contributed by atoms with Gasteiger partial charge in [-0.15, -0.1) is 0 Å². The van der Waals surface area contributed by atoms with Gasteiger partial charge in [-0.2, -0.15) is 0 Å².